The normalized spacial score (nSPS) is 11.6. The number of carbonyl (C=O) groups excluding carboxylic acids is 1. The van der Waals surface area contributed by atoms with Crippen LogP contribution in [0.2, 0.25) is 0 Å². The Morgan fingerprint density at radius 3 is 2.55 bits per heavy atom. The summed E-state index contributed by atoms with van der Waals surface area (Å²) >= 11 is 2.69. The third kappa shape index (κ3) is 7.34. The van der Waals surface area contributed by atoms with Gasteiger partial charge >= 0.3 is 0 Å². The fourth-order valence-electron chi connectivity index (χ4n) is 2.78. The van der Waals surface area contributed by atoms with E-state index in [2.05, 4.69) is 6.92 Å². The zero-order valence-electron chi connectivity index (χ0n) is 17.9. The molecule has 0 aliphatic rings. The van der Waals surface area contributed by atoms with Crippen molar-refractivity contribution in [3.63, 3.8) is 0 Å². The van der Waals surface area contributed by atoms with Crippen LogP contribution in [0.1, 0.15) is 59.3 Å². The number of hydrogen-bond donors (Lipinski definition) is 0. The molecule has 1 aromatic carbocycles. The molecule has 0 radical (unpaired) electrons. The first kappa shape index (κ1) is 23.7. The number of carbonyl (C=O) groups is 1. The number of unbranched alkanes of at least 4 members (excludes halogenated alkanes) is 4. The topological polar surface area (TPSA) is 52.6 Å². The minimum Gasteiger partial charge on any atom is -0.497 e. The van der Waals surface area contributed by atoms with Gasteiger partial charge in [0.15, 0.2) is 5.12 Å². The molecule has 6 heteroatoms. The van der Waals surface area contributed by atoms with Gasteiger partial charge in [-0.1, -0.05) is 63.1 Å². The highest BCUT2D eigenvalue weighted by Gasteiger charge is 2.24. The van der Waals surface area contributed by atoms with Crippen molar-refractivity contribution in [1.82, 2.24) is 0 Å². The number of rotatable bonds is 12. The summed E-state index contributed by atoms with van der Waals surface area (Å²) in [5.41, 5.74) is -0.210. The van der Waals surface area contributed by atoms with Crippen LogP contribution in [0, 0.1) is 5.41 Å². The lowest BCUT2D eigenvalue weighted by Gasteiger charge is -2.19. The Hall–Kier alpha value is -1.53. The predicted molar refractivity (Wildman–Crippen MR) is 125 cm³/mol. The maximum Gasteiger partial charge on any atom is 0.236 e. The predicted octanol–water partition coefficient (Wildman–Crippen LogP) is 6.30. The van der Waals surface area contributed by atoms with Gasteiger partial charge in [-0.3, -0.25) is 9.59 Å². The number of hydrogen-bond acceptors (Lipinski definition) is 6. The van der Waals surface area contributed by atoms with E-state index >= 15 is 0 Å². The Balaban J connectivity index is 1.68. The lowest BCUT2D eigenvalue weighted by Crippen LogP contribution is -2.20. The van der Waals surface area contributed by atoms with Crippen molar-refractivity contribution in [3.05, 3.63) is 33.8 Å². The Morgan fingerprint density at radius 2 is 1.83 bits per heavy atom. The first-order valence-corrected chi connectivity index (χ1v) is 12.1. The number of thioether (sulfide) groups is 1. The molecular formula is C23H32O4S2. The van der Waals surface area contributed by atoms with Gasteiger partial charge in [0.2, 0.25) is 4.74 Å². The summed E-state index contributed by atoms with van der Waals surface area (Å²) in [5, 5.41) is 1.23. The van der Waals surface area contributed by atoms with Crippen LogP contribution < -0.4 is 14.2 Å². The molecule has 0 saturated heterocycles. The van der Waals surface area contributed by atoms with E-state index in [-0.39, 0.29) is 10.2 Å². The highest BCUT2D eigenvalue weighted by Crippen LogP contribution is 2.30. The summed E-state index contributed by atoms with van der Waals surface area (Å²) in [6.45, 7) is 6.70. The van der Waals surface area contributed by atoms with E-state index in [1.165, 1.54) is 23.1 Å². The average Bonchev–Trinajstić information content (AvgIpc) is 2.71. The summed E-state index contributed by atoms with van der Waals surface area (Å²) in [6, 6.07) is 7.24. The van der Waals surface area contributed by atoms with E-state index in [0.29, 0.717) is 17.5 Å². The first-order chi connectivity index (χ1) is 13.9. The summed E-state index contributed by atoms with van der Waals surface area (Å²) in [4.78, 5) is 24.0. The summed E-state index contributed by atoms with van der Waals surface area (Å²) < 4.78 is 12.1. The molecule has 160 valence electrons. The smallest absolute Gasteiger partial charge is 0.236 e. The molecule has 0 fully saturated rings. The number of ether oxygens (including phenoxy) is 2. The Morgan fingerprint density at radius 1 is 1.10 bits per heavy atom. The zero-order valence-corrected chi connectivity index (χ0v) is 19.5. The average molecular weight is 437 g/mol. The van der Waals surface area contributed by atoms with E-state index in [4.69, 9.17) is 9.47 Å². The molecule has 2 aromatic rings. The van der Waals surface area contributed by atoms with Crippen LogP contribution in [0.15, 0.2) is 29.1 Å². The maximum atomic E-state index is 12.1. The third-order valence-electron chi connectivity index (χ3n) is 5.13. The van der Waals surface area contributed by atoms with Crippen molar-refractivity contribution >= 4 is 38.3 Å². The third-order valence-corrected chi connectivity index (χ3v) is 7.33. The van der Waals surface area contributed by atoms with Crippen molar-refractivity contribution in [3.8, 4) is 11.5 Å². The van der Waals surface area contributed by atoms with Crippen molar-refractivity contribution in [2.24, 2.45) is 5.41 Å². The van der Waals surface area contributed by atoms with E-state index in [9.17, 15) is 9.59 Å². The molecule has 0 bridgehead atoms. The second-order valence-corrected chi connectivity index (χ2v) is 9.90. The standard InChI is InChI=1S/C23H32O4S2/c1-5-23(2,3)22(25)28-14-10-8-6-7-9-13-27-19-16-21(24)29-20-12-11-17(26-4)15-18(19)20/h11-12,15-16H,5-10,13-14H2,1-4H3. The summed E-state index contributed by atoms with van der Waals surface area (Å²) in [7, 11) is 1.63. The molecule has 0 N–H and O–H groups in total. The van der Waals surface area contributed by atoms with Crippen LogP contribution in [0.4, 0.5) is 0 Å². The van der Waals surface area contributed by atoms with Gasteiger partial charge in [0.05, 0.1) is 13.7 Å². The number of methoxy groups -OCH3 is 1. The van der Waals surface area contributed by atoms with E-state index in [1.807, 2.05) is 32.0 Å². The van der Waals surface area contributed by atoms with Crippen molar-refractivity contribution in [1.29, 1.82) is 0 Å². The quantitative estimate of drug-likeness (QED) is 0.366. The number of benzene rings is 1. The molecule has 4 nitrogen and oxygen atoms in total. The lowest BCUT2D eigenvalue weighted by molar-refractivity contribution is -0.118. The van der Waals surface area contributed by atoms with Gasteiger partial charge in [-0.25, -0.2) is 0 Å². The Labute approximate surface area is 182 Å². The Kier molecular flexibility index (Phi) is 9.50. The van der Waals surface area contributed by atoms with Crippen LogP contribution >= 0.6 is 23.1 Å². The van der Waals surface area contributed by atoms with E-state index in [0.717, 1.165) is 60.1 Å². The van der Waals surface area contributed by atoms with E-state index < -0.39 is 0 Å². The first-order valence-electron chi connectivity index (χ1n) is 10.3. The molecule has 0 atom stereocenters. The van der Waals surface area contributed by atoms with Gasteiger partial charge in [0, 0.05) is 27.3 Å². The van der Waals surface area contributed by atoms with Gasteiger partial charge in [0.25, 0.3) is 0 Å². The van der Waals surface area contributed by atoms with Crippen LogP contribution in [0.5, 0.6) is 11.5 Å². The zero-order chi connectivity index (χ0) is 21.3. The lowest BCUT2D eigenvalue weighted by atomic mass is 9.92. The molecule has 1 heterocycles. The minimum atomic E-state index is -0.210. The van der Waals surface area contributed by atoms with Crippen molar-refractivity contribution < 1.29 is 14.3 Å². The number of fused-ring (bicyclic) bond motifs is 1. The molecule has 29 heavy (non-hydrogen) atoms. The SMILES string of the molecule is CCC(C)(C)C(=O)SCCCCCCCOc1cc(=O)sc2ccc(OC)cc12. The van der Waals surface area contributed by atoms with Crippen molar-refractivity contribution in [2.75, 3.05) is 19.5 Å². The largest absolute Gasteiger partial charge is 0.497 e. The summed E-state index contributed by atoms with van der Waals surface area (Å²) in [6.07, 6.45) is 6.25. The van der Waals surface area contributed by atoms with Crippen molar-refractivity contribution in [2.45, 2.75) is 59.3 Å². The molecule has 0 aliphatic carbocycles. The van der Waals surface area contributed by atoms with Gasteiger partial charge < -0.3 is 9.47 Å². The van der Waals surface area contributed by atoms with Gasteiger partial charge in [-0.15, -0.1) is 0 Å². The highest BCUT2D eigenvalue weighted by atomic mass is 32.2. The molecule has 2 rings (SSSR count). The molecule has 0 amide bonds. The highest BCUT2D eigenvalue weighted by molar-refractivity contribution is 8.13. The van der Waals surface area contributed by atoms with Gasteiger partial charge in [-0.2, -0.15) is 0 Å². The second kappa shape index (κ2) is 11.6. The summed E-state index contributed by atoms with van der Waals surface area (Å²) in [5.74, 6) is 2.30. The molecule has 0 aliphatic heterocycles. The second-order valence-electron chi connectivity index (χ2n) is 7.78. The van der Waals surface area contributed by atoms with Crippen LogP contribution in [0.25, 0.3) is 10.1 Å². The fourth-order valence-corrected chi connectivity index (χ4v) is 4.64. The van der Waals surface area contributed by atoms with E-state index in [1.54, 1.807) is 13.2 Å². The molecule has 1 aromatic heterocycles. The van der Waals surface area contributed by atoms with Gasteiger partial charge in [-0.05, 0) is 37.5 Å². The maximum absolute atomic E-state index is 12.1. The molecule has 0 spiro atoms. The molecular weight excluding hydrogens is 404 g/mol. The minimum absolute atomic E-state index is 0.00374. The van der Waals surface area contributed by atoms with Crippen LogP contribution in [-0.4, -0.2) is 24.6 Å². The fraction of sp³-hybridized carbons (Fsp3) is 0.565. The van der Waals surface area contributed by atoms with Gasteiger partial charge in [0.1, 0.15) is 11.5 Å². The van der Waals surface area contributed by atoms with Crippen LogP contribution in [-0.2, 0) is 4.79 Å². The molecule has 0 saturated carbocycles. The Bertz CT molecular complexity index is 858. The monoisotopic (exact) mass is 436 g/mol. The molecule has 0 unspecified atom stereocenters. The van der Waals surface area contributed by atoms with Crippen LogP contribution in [0.3, 0.4) is 0 Å².